The van der Waals surface area contributed by atoms with Crippen LogP contribution in [0.2, 0.25) is 0 Å². The number of hydrogen-bond acceptors (Lipinski definition) is 1. The van der Waals surface area contributed by atoms with E-state index < -0.39 is 0 Å². The van der Waals surface area contributed by atoms with Gasteiger partial charge in [-0.15, -0.1) is 0 Å². The normalized spacial score (nSPS) is 17.7. The van der Waals surface area contributed by atoms with Crippen LogP contribution >= 0.6 is 0 Å². The summed E-state index contributed by atoms with van der Waals surface area (Å²) >= 11 is 0. The molecule has 0 unspecified atom stereocenters. The molecule has 0 atom stereocenters. The third kappa shape index (κ3) is 2.49. The molecule has 12 heavy (non-hydrogen) atoms. The Labute approximate surface area is 74.8 Å². The second kappa shape index (κ2) is 4.46. The van der Waals surface area contributed by atoms with E-state index in [9.17, 15) is 0 Å². The highest BCUT2D eigenvalue weighted by molar-refractivity contribution is 5.24. The van der Waals surface area contributed by atoms with Crippen LogP contribution < -0.4 is 0 Å². The van der Waals surface area contributed by atoms with Gasteiger partial charge in [0.25, 0.3) is 0 Å². The summed E-state index contributed by atoms with van der Waals surface area (Å²) in [5.41, 5.74) is 2.93. The van der Waals surface area contributed by atoms with Gasteiger partial charge in [-0.2, -0.15) is 0 Å². The van der Waals surface area contributed by atoms with Crippen molar-refractivity contribution in [3.63, 3.8) is 0 Å². The average molecular weight is 166 g/mol. The molecule has 0 aromatic carbocycles. The summed E-state index contributed by atoms with van der Waals surface area (Å²) in [4.78, 5) is 0. The molecular formula is C11H18O. The van der Waals surface area contributed by atoms with Crippen LogP contribution in [-0.2, 0) is 0 Å². The van der Waals surface area contributed by atoms with Gasteiger partial charge in [-0.05, 0) is 25.2 Å². The van der Waals surface area contributed by atoms with Gasteiger partial charge in [0.1, 0.15) is 0 Å². The van der Waals surface area contributed by atoms with Crippen molar-refractivity contribution < 1.29 is 5.11 Å². The maximum absolute atomic E-state index is 8.73. The smallest absolute Gasteiger partial charge is 0.0468 e. The molecule has 68 valence electrons. The molecule has 1 heteroatoms. The van der Waals surface area contributed by atoms with Gasteiger partial charge in [0, 0.05) is 6.61 Å². The number of rotatable bonds is 3. The molecule has 1 aliphatic rings. The lowest BCUT2D eigenvalue weighted by Gasteiger charge is -2.16. The lowest BCUT2D eigenvalue weighted by molar-refractivity contribution is 0.297. The molecule has 1 nitrogen and oxygen atoms in total. The van der Waals surface area contributed by atoms with Crippen molar-refractivity contribution in [2.75, 3.05) is 6.61 Å². The second-order valence-electron chi connectivity index (χ2n) is 3.69. The van der Waals surface area contributed by atoms with Crippen molar-refractivity contribution in [1.29, 1.82) is 0 Å². The zero-order chi connectivity index (χ0) is 8.97. The highest BCUT2D eigenvalue weighted by Gasteiger charge is 2.08. The summed E-state index contributed by atoms with van der Waals surface area (Å²) in [5.74, 6) is 0.678. The Kier molecular flexibility index (Phi) is 3.54. The van der Waals surface area contributed by atoms with Gasteiger partial charge in [-0.3, -0.25) is 0 Å². The van der Waals surface area contributed by atoms with Crippen molar-refractivity contribution in [2.24, 2.45) is 5.92 Å². The summed E-state index contributed by atoms with van der Waals surface area (Å²) in [6.45, 7) is 4.75. The van der Waals surface area contributed by atoms with Gasteiger partial charge in [-0.25, -0.2) is 0 Å². The Bertz CT molecular complexity index is 199. The van der Waals surface area contributed by atoms with Crippen molar-refractivity contribution in [3.8, 4) is 0 Å². The summed E-state index contributed by atoms with van der Waals surface area (Å²) in [7, 11) is 0. The molecule has 1 rings (SSSR count). The lowest BCUT2D eigenvalue weighted by atomic mass is 9.90. The minimum Gasteiger partial charge on any atom is -0.396 e. The predicted molar refractivity (Wildman–Crippen MR) is 51.9 cm³/mol. The Hall–Kier alpha value is -0.560. The molecule has 1 N–H and O–H groups in total. The van der Waals surface area contributed by atoms with E-state index in [1.165, 1.54) is 17.6 Å². The van der Waals surface area contributed by atoms with Crippen LogP contribution in [0.5, 0.6) is 0 Å². The molecular weight excluding hydrogens is 148 g/mol. The molecule has 0 aliphatic heterocycles. The molecule has 0 aromatic rings. The van der Waals surface area contributed by atoms with Gasteiger partial charge in [0.15, 0.2) is 0 Å². The number of hydrogen-bond donors (Lipinski definition) is 1. The largest absolute Gasteiger partial charge is 0.396 e. The molecule has 0 spiro atoms. The Morgan fingerprint density at radius 3 is 2.50 bits per heavy atom. The quantitative estimate of drug-likeness (QED) is 0.683. The Morgan fingerprint density at radius 1 is 1.33 bits per heavy atom. The average Bonchev–Trinajstić information content (AvgIpc) is 2.06. The highest BCUT2D eigenvalue weighted by atomic mass is 16.2. The first-order valence-corrected chi connectivity index (χ1v) is 4.73. The summed E-state index contributed by atoms with van der Waals surface area (Å²) in [6, 6.07) is 0. The van der Waals surface area contributed by atoms with E-state index in [4.69, 9.17) is 5.11 Å². The molecule has 0 bridgehead atoms. The van der Waals surface area contributed by atoms with Crippen LogP contribution in [0.4, 0.5) is 0 Å². The highest BCUT2D eigenvalue weighted by Crippen LogP contribution is 2.25. The molecule has 0 amide bonds. The summed E-state index contributed by atoms with van der Waals surface area (Å²) in [5, 5.41) is 8.73. The standard InChI is InChI=1S/C11H18O/c1-9(2)11-5-3-10(4-6-11)7-8-12/h3,5,9,12H,4,6-8H2,1-2H3. The zero-order valence-corrected chi connectivity index (χ0v) is 8.01. The van der Waals surface area contributed by atoms with Crippen LogP contribution in [0.3, 0.4) is 0 Å². The molecule has 0 fully saturated rings. The van der Waals surface area contributed by atoms with Crippen molar-refractivity contribution in [1.82, 2.24) is 0 Å². The van der Waals surface area contributed by atoms with Crippen molar-refractivity contribution >= 4 is 0 Å². The maximum Gasteiger partial charge on any atom is 0.0468 e. The van der Waals surface area contributed by atoms with E-state index in [1.54, 1.807) is 0 Å². The Balaban J connectivity index is 2.54. The first-order chi connectivity index (χ1) is 5.74. The number of allylic oxidation sites excluding steroid dienone is 3. The number of aliphatic hydroxyl groups excluding tert-OH is 1. The second-order valence-corrected chi connectivity index (χ2v) is 3.69. The minimum atomic E-state index is 0.288. The van der Waals surface area contributed by atoms with E-state index >= 15 is 0 Å². The van der Waals surface area contributed by atoms with Crippen molar-refractivity contribution in [2.45, 2.75) is 33.1 Å². The summed E-state index contributed by atoms with van der Waals surface area (Å²) in [6.07, 6.45) is 7.57. The van der Waals surface area contributed by atoms with Crippen LogP contribution in [0.1, 0.15) is 33.1 Å². The Morgan fingerprint density at radius 2 is 2.08 bits per heavy atom. The zero-order valence-electron chi connectivity index (χ0n) is 8.01. The SMILES string of the molecule is CC(C)C1=CC=C(CCO)CC1. The molecule has 0 aromatic heterocycles. The fourth-order valence-corrected chi connectivity index (χ4v) is 1.53. The van der Waals surface area contributed by atoms with Gasteiger partial charge in [0.05, 0.1) is 0 Å². The molecule has 0 saturated carbocycles. The topological polar surface area (TPSA) is 20.2 Å². The molecule has 1 aliphatic carbocycles. The van der Waals surface area contributed by atoms with Crippen molar-refractivity contribution in [3.05, 3.63) is 23.3 Å². The van der Waals surface area contributed by atoms with E-state index in [0.29, 0.717) is 5.92 Å². The third-order valence-corrected chi connectivity index (χ3v) is 2.44. The summed E-state index contributed by atoms with van der Waals surface area (Å²) < 4.78 is 0. The van der Waals surface area contributed by atoms with Crippen LogP contribution in [0.25, 0.3) is 0 Å². The predicted octanol–water partition coefficient (Wildman–Crippen LogP) is 2.67. The van der Waals surface area contributed by atoms with Gasteiger partial charge in [0.2, 0.25) is 0 Å². The first-order valence-electron chi connectivity index (χ1n) is 4.73. The third-order valence-electron chi connectivity index (χ3n) is 2.44. The monoisotopic (exact) mass is 166 g/mol. The van der Waals surface area contributed by atoms with Gasteiger partial charge in [-0.1, -0.05) is 37.1 Å². The lowest BCUT2D eigenvalue weighted by Crippen LogP contribution is -2.00. The minimum absolute atomic E-state index is 0.288. The first kappa shape index (κ1) is 9.53. The van der Waals surface area contributed by atoms with E-state index in [1.807, 2.05) is 0 Å². The maximum atomic E-state index is 8.73. The molecule has 0 saturated heterocycles. The fraction of sp³-hybridized carbons (Fsp3) is 0.636. The fourth-order valence-electron chi connectivity index (χ4n) is 1.53. The van der Waals surface area contributed by atoms with E-state index in [2.05, 4.69) is 26.0 Å². The van der Waals surface area contributed by atoms with Crippen LogP contribution in [0, 0.1) is 5.92 Å². The van der Waals surface area contributed by atoms with Gasteiger partial charge >= 0.3 is 0 Å². The van der Waals surface area contributed by atoms with Crippen LogP contribution in [0.15, 0.2) is 23.3 Å². The van der Waals surface area contributed by atoms with E-state index in [-0.39, 0.29) is 6.61 Å². The number of aliphatic hydroxyl groups is 1. The van der Waals surface area contributed by atoms with Crippen LogP contribution in [-0.4, -0.2) is 11.7 Å². The van der Waals surface area contributed by atoms with Gasteiger partial charge < -0.3 is 5.11 Å². The molecule has 0 heterocycles. The molecule has 0 radical (unpaired) electrons. The van der Waals surface area contributed by atoms with E-state index in [0.717, 1.165) is 12.8 Å².